The largest absolute Gasteiger partial charge is 0.490 e. The van der Waals surface area contributed by atoms with Crippen LogP contribution >= 0.6 is 0 Å². The standard InChI is InChI=1S/C15H19FO4S/c16-13-1-2-15-11(5-13)6-14(20-15)7-12(8-17)10-3-4-21(18,19)9-10/h1-2,5,10,12,14,17H,3-4,6-9H2. The monoisotopic (exact) mass is 314 g/mol. The Balaban J connectivity index is 1.64. The molecule has 0 saturated carbocycles. The van der Waals surface area contributed by atoms with E-state index in [0.717, 1.165) is 5.56 Å². The van der Waals surface area contributed by atoms with Gasteiger partial charge >= 0.3 is 0 Å². The summed E-state index contributed by atoms with van der Waals surface area (Å²) in [4.78, 5) is 0. The molecule has 3 unspecified atom stereocenters. The van der Waals surface area contributed by atoms with Crippen LogP contribution in [0.4, 0.5) is 4.39 Å². The third-order valence-electron chi connectivity index (χ3n) is 4.50. The Bertz CT molecular complexity index is 629. The molecule has 2 aliphatic heterocycles. The number of halogens is 1. The molecular formula is C15H19FO4S. The van der Waals surface area contributed by atoms with Crippen molar-refractivity contribution in [3.8, 4) is 5.75 Å². The lowest BCUT2D eigenvalue weighted by atomic mass is 9.87. The van der Waals surface area contributed by atoms with Crippen molar-refractivity contribution in [3.05, 3.63) is 29.6 Å². The summed E-state index contributed by atoms with van der Waals surface area (Å²) >= 11 is 0. The van der Waals surface area contributed by atoms with Gasteiger partial charge in [-0.1, -0.05) is 0 Å². The van der Waals surface area contributed by atoms with Crippen LogP contribution in [0, 0.1) is 17.7 Å². The number of fused-ring (bicyclic) bond motifs is 1. The van der Waals surface area contributed by atoms with Crippen molar-refractivity contribution in [2.75, 3.05) is 18.1 Å². The van der Waals surface area contributed by atoms with Crippen LogP contribution in [0.1, 0.15) is 18.4 Å². The van der Waals surface area contributed by atoms with Gasteiger partial charge in [0.2, 0.25) is 0 Å². The number of benzene rings is 1. The highest BCUT2D eigenvalue weighted by Gasteiger charge is 2.36. The van der Waals surface area contributed by atoms with E-state index in [1.165, 1.54) is 12.1 Å². The lowest BCUT2D eigenvalue weighted by molar-refractivity contribution is 0.121. The van der Waals surface area contributed by atoms with Crippen molar-refractivity contribution in [2.45, 2.75) is 25.4 Å². The normalized spacial score (nSPS) is 28.1. The fraction of sp³-hybridized carbons (Fsp3) is 0.600. The van der Waals surface area contributed by atoms with Crippen LogP contribution in [0.5, 0.6) is 5.75 Å². The molecule has 0 spiro atoms. The van der Waals surface area contributed by atoms with E-state index in [1.54, 1.807) is 6.07 Å². The SMILES string of the molecule is O=S1(=O)CCC(C(CO)CC2Cc3cc(F)ccc3O2)C1. The second kappa shape index (κ2) is 5.57. The maximum Gasteiger partial charge on any atom is 0.150 e. The fourth-order valence-corrected chi connectivity index (χ4v) is 5.29. The molecule has 21 heavy (non-hydrogen) atoms. The van der Waals surface area contributed by atoms with Gasteiger partial charge in [-0.15, -0.1) is 0 Å². The number of rotatable bonds is 4. The van der Waals surface area contributed by atoms with E-state index in [1.807, 2.05) is 0 Å². The van der Waals surface area contributed by atoms with Crippen molar-refractivity contribution in [2.24, 2.45) is 11.8 Å². The molecule has 0 aromatic heterocycles. The van der Waals surface area contributed by atoms with E-state index >= 15 is 0 Å². The minimum atomic E-state index is -2.94. The molecule has 1 aromatic carbocycles. The van der Waals surface area contributed by atoms with Gasteiger partial charge in [0.05, 0.1) is 11.5 Å². The Kier molecular flexibility index (Phi) is 3.92. The molecule has 2 heterocycles. The Morgan fingerprint density at radius 1 is 1.43 bits per heavy atom. The number of aliphatic hydroxyl groups is 1. The molecule has 0 amide bonds. The van der Waals surface area contributed by atoms with Crippen molar-refractivity contribution in [1.82, 2.24) is 0 Å². The fourth-order valence-electron chi connectivity index (χ4n) is 3.37. The molecule has 4 nitrogen and oxygen atoms in total. The average molecular weight is 314 g/mol. The molecule has 0 bridgehead atoms. The summed E-state index contributed by atoms with van der Waals surface area (Å²) < 4.78 is 42.1. The quantitative estimate of drug-likeness (QED) is 0.916. The van der Waals surface area contributed by atoms with E-state index in [-0.39, 0.29) is 41.9 Å². The third-order valence-corrected chi connectivity index (χ3v) is 6.29. The van der Waals surface area contributed by atoms with Gasteiger partial charge in [0.15, 0.2) is 9.84 Å². The Morgan fingerprint density at radius 2 is 2.24 bits per heavy atom. The van der Waals surface area contributed by atoms with Crippen LogP contribution in [-0.4, -0.2) is 37.7 Å². The summed E-state index contributed by atoms with van der Waals surface area (Å²) in [6.45, 7) is -0.0370. The van der Waals surface area contributed by atoms with Gasteiger partial charge in [-0.25, -0.2) is 12.8 Å². The van der Waals surface area contributed by atoms with Gasteiger partial charge in [0.25, 0.3) is 0 Å². The number of sulfone groups is 1. The van der Waals surface area contributed by atoms with Gasteiger partial charge < -0.3 is 9.84 Å². The first-order valence-corrected chi connectivity index (χ1v) is 9.05. The summed E-state index contributed by atoms with van der Waals surface area (Å²) in [5, 5.41) is 9.57. The second-order valence-corrected chi connectivity index (χ2v) is 8.27. The molecule has 6 heteroatoms. The highest BCUT2D eigenvalue weighted by molar-refractivity contribution is 7.91. The van der Waals surface area contributed by atoms with Crippen LogP contribution in [0.3, 0.4) is 0 Å². The van der Waals surface area contributed by atoms with Crippen LogP contribution in [0.25, 0.3) is 0 Å². The summed E-state index contributed by atoms with van der Waals surface area (Å²) in [5.41, 5.74) is 0.843. The molecule has 0 radical (unpaired) electrons. The van der Waals surface area contributed by atoms with E-state index in [0.29, 0.717) is 25.0 Å². The lowest BCUT2D eigenvalue weighted by Gasteiger charge is -2.23. The van der Waals surface area contributed by atoms with Crippen LogP contribution in [0.2, 0.25) is 0 Å². The first-order chi connectivity index (χ1) is 9.97. The van der Waals surface area contributed by atoms with E-state index in [9.17, 15) is 17.9 Å². The molecule has 3 rings (SSSR count). The Morgan fingerprint density at radius 3 is 2.90 bits per heavy atom. The molecule has 3 atom stereocenters. The molecule has 1 fully saturated rings. The van der Waals surface area contributed by atoms with Gasteiger partial charge in [-0.3, -0.25) is 0 Å². The number of hydrogen-bond acceptors (Lipinski definition) is 4. The maximum atomic E-state index is 13.2. The average Bonchev–Trinajstić information content (AvgIpc) is 2.98. The van der Waals surface area contributed by atoms with Gasteiger partial charge in [0, 0.05) is 18.6 Å². The Labute approximate surface area is 123 Å². The predicted octanol–water partition coefficient (Wildman–Crippen LogP) is 1.56. The van der Waals surface area contributed by atoms with Crippen LogP contribution in [-0.2, 0) is 16.3 Å². The van der Waals surface area contributed by atoms with Crippen molar-refractivity contribution < 1.29 is 22.7 Å². The minimum Gasteiger partial charge on any atom is -0.490 e. The van der Waals surface area contributed by atoms with Crippen molar-refractivity contribution in [3.63, 3.8) is 0 Å². The number of aliphatic hydroxyl groups excluding tert-OH is 1. The highest BCUT2D eigenvalue weighted by atomic mass is 32.2. The van der Waals surface area contributed by atoms with Crippen LogP contribution in [0.15, 0.2) is 18.2 Å². The van der Waals surface area contributed by atoms with Gasteiger partial charge in [-0.05, 0) is 42.9 Å². The third kappa shape index (κ3) is 3.21. The Hall–Kier alpha value is -1.14. The summed E-state index contributed by atoms with van der Waals surface area (Å²) in [6.07, 6.45) is 1.72. The van der Waals surface area contributed by atoms with Crippen LogP contribution < -0.4 is 4.74 Å². The topological polar surface area (TPSA) is 63.6 Å². The summed E-state index contributed by atoms with van der Waals surface area (Å²) in [7, 11) is -2.94. The molecule has 1 saturated heterocycles. The first-order valence-electron chi connectivity index (χ1n) is 7.23. The first kappa shape index (κ1) is 14.8. The maximum absolute atomic E-state index is 13.2. The van der Waals surface area contributed by atoms with E-state index < -0.39 is 9.84 Å². The molecule has 1 N–H and O–H groups in total. The van der Waals surface area contributed by atoms with Crippen molar-refractivity contribution >= 4 is 9.84 Å². The minimum absolute atomic E-state index is 0.00375. The van der Waals surface area contributed by atoms with Gasteiger partial charge in [-0.2, -0.15) is 0 Å². The molecule has 116 valence electrons. The molecule has 2 aliphatic rings. The number of ether oxygens (including phenoxy) is 1. The van der Waals surface area contributed by atoms with E-state index in [2.05, 4.69) is 0 Å². The van der Waals surface area contributed by atoms with E-state index in [4.69, 9.17) is 4.74 Å². The zero-order chi connectivity index (χ0) is 15.0. The summed E-state index contributed by atoms with van der Waals surface area (Å²) in [6, 6.07) is 4.47. The molecular weight excluding hydrogens is 295 g/mol. The second-order valence-electron chi connectivity index (χ2n) is 6.04. The zero-order valence-corrected chi connectivity index (χ0v) is 12.5. The summed E-state index contributed by atoms with van der Waals surface area (Å²) in [5.74, 6) is 0.712. The predicted molar refractivity (Wildman–Crippen MR) is 76.5 cm³/mol. The smallest absolute Gasteiger partial charge is 0.150 e. The van der Waals surface area contributed by atoms with Gasteiger partial charge in [0.1, 0.15) is 17.7 Å². The number of hydrogen-bond donors (Lipinski definition) is 1. The lowest BCUT2D eigenvalue weighted by Crippen LogP contribution is -2.27. The zero-order valence-electron chi connectivity index (χ0n) is 11.7. The molecule has 0 aliphatic carbocycles. The highest BCUT2D eigenvalue weighted by Crippen LogP contribution is 2.35. The molecule has 1 aromatic rings. The van der Waals surface area contributed by atoms with Crippen molar-refractivity contribution in [1.29, 1.82) is 0 Å².